The van der Waals surface area contributed by atoms with Crippen molar-refractivity contribution in [3.05, 3.63) is 0 Å². The zero-order valence-corrected chi connectivity index (χ0v) is 10.8. The third-order valence-electron chi connectivity index (χ3n) is 4.21. The summed E-state index contributed by atoms with van der Waals surface area (Å²) in [6.45, 7) is 12.1. The van der Waals surface area contributed by atoms with Crippen molar-refractivity contribution in [3.8, 4) is 0 Å². The van der Waals surface area contributed by atoms with Crippen LogP contribution in [0.3, 0.4) is 0 Å². The van der Waals surface area contributed by atoms with E-state index in [1.54, 1.807) is 0 Å². The lowest BCUT2D eigenvalue weighted by Crippen LogP contribution is -2.35. The second-order valence-corrected chi connectivity index (χ2v) is 6.27. The van der Waals surface area contributed by atoms with Crippen molar-refractivity contribution in [2.24, 2.45) is 23.2 Å². The van der Waals surface area contributed by atoms with Crippen LogP contribution in [0.1, 0.15) is 66.7 Å². The normalized spacial score (nSPS) is 36.2. The molecule has 2 unspecified atom stereocenters. The van der Waals surface area contributed by atoms with Gasteiger partial charge in [0.25, 0.3) is 0 Å². The largest absolute Gasteiger partial charge is 0.0654 e. The monoisotopic (exact) mass is 196 g/mol. The van der Waals surface area contributed by atoms with Crippen molar-refractivity contribution in [1.29, 1.82) is 0 Å². The Hall–Kier alpha value is 0. The third-order valence-corrected chi connectivity index (χ3v) is 4.21. The maximum Gasteiger partial charge on any atom is -0.0318 e. The minimum absolute atomic E-state index is 0.695. The van der Waals surface area contributed by atoms with Crippen LogP contribution in [-0.4, -0.2) is 0 Å². The quantitative estimate of drug-likeness (QED) is 0.587. The van der Waals surface area contributed by atoms with Crippen LogP contribution in [-0.2, 0) is 0 Å². The second-order valence-electron chi connectivity index (χ2n) is 6.27. The predicted molar refractivity (Wildman–Crippen MR) is 64.4 cm³/mol. The predicted octanol–water partition coefficient (Wildman–Crippen LogP) is 4.89. The summed E-state index contributed by atoms with van der Waals surface area (Å²) in [6, 6.07) is 0. The maximum atomic E-state index is 2.49. The molecular weight excluding hydrogens is 168 g/mol. The van der Waals surface area contributed by atoms with E-state index >= 15 is 0 Å². The summed E-state index contributed by atoms with van der Waals surface area (Å²) >= 11 is 0. The van der Waals surface area contributed by atoms with Crippen molar-refractivity contribution in [2.45, 2.75) is 66.7 Å². The summed E-state index contributed by atoms with van der Waals surface area (Å²) < 4.78 is 0. The Morgan fingerprint density at radius 1 is 1.21 bits per heavy atom. The summed E-state index contributed by atoms with van der Waals surface area (Å²) in [5, 5.41) is 0. The van der Waals surface area contributed by atoms with Gasteiger partial charge in [0, 0.05) is 0 Å². The lowest BCUT2D eigenvalue weighted by molar-refractivity contribution is 0.0492. The van der Waals surface area contributed by atoms with E-state index in [1.165, 1.54) is 32.1 Å². The summed E-state index contributed by atoms with van der Waals surface area (Å²) in [6.07, 6.45) is 7.15. The fourth-order valence-corrected chi connectivity index (χ4v) is 3.51. The van der Waals surface area contributed by atoms with Crippen LogP contribution in [0.2, 0.25) is 0 Å². The SMILES string of the molecule is CCCC(C)C(C)CC1(C)CC(C)C1. The van der Waals surface area contributed by atoms with E-state index in [9.17, 15) is 0 Å². The molecule has 0 N–H and O–H groups in total. The first-order valence-electron chi connectivity index (χ1n) is 6.47. The zero-order chi connectivity index (χ0) is 10.8. The van der Waals surface area contributed by atoms with Crippen LogP contribution in [0.5, 0.6) is 0 Å². The number of hydrogen-bond donors (Lipinski definition) is 0. The van der Waals surface area contributed by atoms with Crippen LogP contribution < -0.4 is 0 Å². The zero-order valence-electron chi connectivity index (χ0n) is 10.8. The van der Waals surface area contributed by atoms with Crippen molar-refractivity contribution in [2.75, 3.05) is 0 Å². The Balaban J connectivity index is 2.29. The highest BCUT2D eigenvalue weighted by atomic mass is 14.4. The van der Waals surface area contributed by atoms with E-state index in [4.69, 9.17) is 0 Å². The highest BCUT2D eigenvalue weighted by Crippen LogP contribution is 2.50. The van der Waals surface area contributed by atoms with Gasteiger partial charge in [-0.2, -0.15) is 0 Å². The van der Waals surface area contributed by atoms with E-state index in [1.807, 2.05) is 0 Å². The Kier molecular flexibility index (Phi) is 4.04. The molecule has 0 radical (unpaired) electrons. The summed E-state index contributed by atoms with van der Waals surface area (Å²) in [5.74, 6) is 2.84. The van der Waals surface area contributed by atoms with Gasteiger partial charge in [0.2, 0.25) is 0 Å². The molecule has 1 rings (SSSR count). The van der Waals surface area contributed by atoms with E-state index < -0.39 is 0 Å². The van der Waals surface area contributed by atoms with Crippen molar-refractivity contribution in [3.63, 3.8) is 0 Å². The molecule has 1 aliphatic carbocycles. The smallest absolute Gasteiger partial charge is 0.0318 e. The van der Waals surface area contributed by atoms with E-state index in [2.05, 4.69) is 34.6 Å². The molecule has 0 bridgehead atoms. The molecule has 1 saturated carbocycles. The van der Waals surface area contributed by atoms with Gasteiger partial charge in [-0.3, -0.25) is 0 Å². The van der Waals surface area contributed by atoms with Crippen molar-refractivity contribution < 1.29 is 0 Å². The Labute approximate surface area is 90.5 Å². The molecule has 0 nitrogen and oxygen atoms in total. The van der Waals surface area contributed by atoms with Crippen molar-refractivity contribution >= 4 is 0 Å². The number of hydrogen-bond acceptors (Lipinski definition) is 0. The molecule has 0 heteroatoms. The lowest BCUT2D eigenvalue weighted by Gasteiger charge is -2.46. The van der Waals surface area contributed by atoms with Gasteiger partial charge in [0.1, 0.15) is 0 Å². The molecule has 0 amide bonds. The van der Waals surface area contributed by atoms with Gasteiger partial charge in [-0.25, -0.2) is 0 Å². The molecule has 0 heterocycles. The highest BCUT2D eigenvalue weighted by molar-refractivity contribution is 4.89. The molecule has 84 valence electrons. The molecule has 14 heavy (non-hydrogen) atoms. The fraction of sp³-hybridized carbons (Fsp3) is 1.00. The summed E-state index contributed by atoms with van der Waals surface area (Å²) in [5.41, 5.74) is 0.695. The van der Waals surface area contributed by atoms with E-state index in [0.717, 1.165) is 17.8 Å². The molecule has 1 fully saturated rings. The van der Waals surface area contributed by atoms with Gasteiger partial charge >= 0.3 is 0 Å². The topological polar surface area (TPSA) is 0 Å². The molecule has 0 aliphatic heterocycles. The average molecular weight is 196 g/mol. The van der Waals surface area contributed by atoms with Crippen molar-refractivity contribution in [1.82, 2.24) is 0 Å². The molecule has 0 saturated heterocycles. The molecule has 0 aromatic carbocycles. The minimum Gasteiger partial charge on any atom is -0.0654 e. The summed E-state index contributed by atoms with van der Waals surface area (Å²) in [4.78, 5) is 0. The standard InChI is InChI=1S/C14H28/c1-6-7-12(3)13(4)10-14(5)8-11(2)9-14/h11-13H,6-10H2,1-5H3. The first kappa shape index (κ1) is 12.1. The van der Waals surface area contributed by atoms with Gasteiger partial charge in [-0.15, -0.1) is 0 Å². The first-order chi connectivity index (χ1) is 6.47. The molecule has 0 spiro atoms. The Bertz CT molecular complexity index is 165. The van der Waals surface area contributed by atoms with E-state index in [0.29, 0.717) is 5.41 Å². The lowest BCUT2D eigenvalue weighted by atomic mass is 9.59. The van der Waals surface area contributed by atoms with Crippen LogP contribution in [0.4, 0.5) is 0 Å². The average Bonchev–Trinajstić information content (AvgIpc) is 2.01. The Morgan fingerprint density at radius 2 is 1.79 bits per heavy atom. The molecule has 0 aromatic rings. The molecular formula is C14H28. The fourth-order valence-electron chi connectivity index (χ4n) is 3.51. The third kappa shape index (κ3) is 3.00. The molecule has 1 aliphatic rings. The Morgan fingerprint density at radius 3 is 2.21 bits per heavy atom. The van der Waals surface area contributed by atoms with Gasteiger partial charge in [0.15, 0.2) is 0 Å². The second kappa shape index (κ2) is 4.68. The van der Waals surface area contributed by atoms with Gasteiger partial charge in [0.05, 0.1) is 0 Å². The molecule has 2 atom stereocenters. The van der Waals surface area contributed by atoms with Crippen LogP contribution >= 0.6 is 0 Å². The summed E-state index contributed by atoms with van der Waals surface area (Å²) in [7, 11) is 0. The van der Waals surface area contributed by atoms with Gasteiger partial charge in [-0.05, 0) is 42.4 Å². The minimum atomic E-state index is 0.695. The van der Waals surface area contributed by atoms with E-state index in [-0.39, 0.29) is 0 Å². The van der Waals surface area contributed by atoms with Gasteiger partial charge < -0.3 is 0 Å². The van der Waals surface area contributed by atoms with Crippen LogP contribution in [0, 0.1) is 23.2 Å². The number of rotatable bonds is 5. The molecule has 0 aromatic heterocycles. The first-order valence-corrected chi connectivity index (χ1v) is 6.47. The van der Waals surface area contributed by atoms with Crippen LogP contribution in [0.25, 0.3) is 0 Å². The van der Waals surface area contributed by atoms with Crippen LogP contribution in [0.15, 0.2) is 0 Å². The highest BCUT2D eigenvalue weighted by Gasteiger charge is 2.38. The van der Waals surface area contributed by atoms with Gasteiger partial charge in [-0.1, -0.05) is 47.5 Å². The maximum absolute atomic E-state index is 2.49.